The van der Waals surface area contributed by atoms with Crippen LogP contribution in [0.4, 0.5) is 0 Å². The van der Waals surface area contributed by atoms with Gasteiger partial charge in [0.25, 0.3) is 0 Å². The van der Waals surface area contributed by atoms with E-state index < -0.39 is 0 Å². The number of nitriles is 2. The Morgan fingerprint density at radius 2 is 1.62 bits per heavy atom. The lowest BCUT2D eigenvalue weighted by atomic mass is 9.76. The average Bonchev–Trinajstić information content (AvgIpc) is 2.93. The van der Waals surface area contributed by atoms with Gasteiger partial charge in [-0.15, -0.1) is 0 Å². The number of hydrogen-bond donors (Lipinski definition) is 0. The highest BCUT2D eigenvalue weighted by Crippen LogP contribution is 2.43. The molecule has 0 unspecified atom stereocenters. The third kappa shape index (κ3) is 2.06. The maximum atomic E-state index is 9.49. The lowest BCUT2D eigenvalue weighted by Gasteiger charge is -2.25. The van der Waals surface area contributed by atoms with E-state index in [1.165, 1.54) is 0 Å². The predicted octanol–water partition coefficient (Wildman–Crippen LogP) is 3.58. The lowest BCUT2D eigenvalue weighted by molar-refractivity contribution is 0.174. The molecule has 104 valence electrons. The molecule has 0 atom stereocenters. The first-order valence-electron chi connectivity index (χ1n) is 6.74. The van der Waals surface area contributed by atoms with Crippen LogP contribution in [0.2, 0.25) is 0 Å². The molecule has 0 bridgehead atoms. The fourth-order valence-corrected chi connectivity index (χ4v) is 2.97. The number of rotatable bonds is 1. The van der Waals surface area contributed by atoms with Gasteiger partial charge < -0.3 is 9.47 Å². The van der Waals surface area contributed by atoms with Crippen molar-refractivity contribution < 1.29 is 9.47 Å². The standard InChI is InChI=1S/C17H14N2O2/c1-10-5-11(2)14(8-19)17(13(10)7-18)12-3-4-15-16(6-12)21-9-20-15/h3-4,6,17H,5,9H2,1-2H3. The van der Waals surface area contributed by atoms with E-state index in [0.717, 1.165) is 16.7 Å². The van der Waals surface area contributed by atoms with Crippen molar-refractivity contribution in [1.29, 1.82) is 10.5 Å². The molecule has 0 N–H and O–H groups in total. The highest BCUT2D eigenvalue weighted by molar-refractivity contribution is 5.58. The van der Waals surface area contributed by atoms with E-state index in [2.05, 4.69) is 12.1 Å². The van der Waals surface area contributed by atoms with Gasteiger partial charge in [-0.3, -0.25) is 0 Å². The van der Waals surface area contributed by atoms with Crippen LogP contribution in [0.15, 0.2) is 40.5 Å². The molecule has 4 nitrogen and oxygen atoms in total. The fraction of sp³-hybridized carbons (Fsp3) is 0.294. The molecule has 0 saturated heterocycles. The van der Waals surface area contributed by atoms with Gasteiger partial charge in [0.05, 0.1) is 18.1 Å². The highest BCUT2D eigenvalue weighted by atomic mass is 16.7. The third-order valence-corrected chi connectivity index (χ3v) is 4.00. The molecule has 1 heterocycles. The molecule has 21 heavy (non-hydrogen) atoms. The first-order chi connectivity index (χ1) is 10.2. The summed E-state index contributed by atoms with van der Waals surface area (Å²) in [6, 6.07) is 10.2. The summed E-state index contributed by atoms with van der Waals surface area (Å²) in [7, 11) is 0. The average molecular weight is 278 g/mol. The molecule has 0 amide bonds. The number of fused-ring (bicyclic) bond motifs is 1. The molecule has 1 aromatic rings. The van der Waals surface area contributed by atoms with Gasteiger partial charge in [0.2, 0.25) is 6.79 Å². The Bertz CT molecular complexity index is 724. The van der Waals surface area contributed by atoms with Crippen LogP contribution in [0.3, 0.4) is 0 Å². The first-order valence-corrected chi connectivity index (χ1v) is 6.74. The fourth-order valence-electron chi connectivity index (χ4n) is 2.97. The third-order valence-electron chi connectivity index (χ3n) is 4.00. The van der Waals surface area contributed by atoms with Gasteiger partial charge in [-0.25, -0.2) is 0 Å². The van der Waals surface area contributed by atoms with Crippen molar-refractivity contribution in [3.05, 3.63) is 46.1 Å². The molecule has 0 saturated carbocycles. The van der Waals surface area contributed by atoms with E-state index in [1.54, 1.807) is 0 Å². The smallest absolute Gasteiger partial charge is 0.231 e. The molecule has 4 heteroatoms. The molecule has 0 aromatic heterocycles. The van der Waals surface area contributed by atoms with Crippen molar-refractivity contribution in [2.45, 2.75) is 26.2 Å². The Hall–Kier alpha value is -2.72. The number of hydrogen-bond acceptors (Lipinski definition) is 4. The zero-order valence-electron chi connectivity index (χ0n) is 11.9. The summed E-state index contributed by atoms with van der Waals surface area (Å²) in [5.74, 6) is 1.07. The molecule has 3 rings (SSSR count). The topological polar surface area (TPSA) is 66.0 Å². The maximum Gasteiger partial charge on any atom is 0.231 e. The van der Waals surface area contributed by atoms with Gasteiger partial charge in [-0.2, -0.15) is 10.5 Å². The van der Waals surface area contributed by atoms with Crippen molar-refractivity contribution in [3.8, 4) is 23.6 Å². The predicted molar refractivity (Wildman–Crippen MR) is 76.5 cm³/mol. The van der Waals surface area contributed by atoms with Crippen molar-refractivity contribution in [3.63, 3.8) is 0 Å². The Balaban J connectivity index is 2.15. The molecule has 1 aromatic carbocycles. The SMILES string of the molecule is CC1=C(C#N)C(c2ccc3c(c2)OCO3)C(C#N)=C(C)C1. The van der Waals surface area contributed by atoms with Crippen LogP contribution < -0.4 is 9.47 Å². The van der Waals surface area contributed by atoms with E-state index in [4.69, 9.17) is 9.47 Å². The summed E-state index contributed by atoms with van der Waals surface area (Å²) in [4.78, 5) is 0. The summed E-state index contributed by atoms with van der Waals surface area (Å²) in [6.07, 6.45) is 0.687. The van der Waals surface area contributed by atoms with Gasteiger partial charge in [0.15, 0.2) is 11.5 Å². The monoisotopic (exact) mass is 278 g/mol. The maximum absolute atomic E-state index is 9.49. The Kier molecular flexibility index (Phi) is 3.16. The first kappa shape index (κ1) is 13.3. The van der Waals surface area contributed by atoms with Crippen LogP contribution in [0, 0.1) is 22.7 Å². The summed E-state index contributed by atoms with van der Waals surface area (Å²) < 4.78 is 10.7. The van der Waals surface area contributed by atoms with Gasteiger partial charge >= 0.3 is 0 Å². The normalized spacial score (nSPS) is 17.7. The largest absolute Gasteiger partial charge is 0.454 e. The van der Waals surface area contributed by atoms with E-state index in [-0.39, 0.29) is 12.7 Å². The Morgan fingerprint density at radius 3 is 2.24 bits per heavy atom. The Morgan fingerprint density at radius 1 is 1.00 bits per heavy atom. The molecule has 1 aliphatic carbocycles. The molecular weight excluding hydrogens is 264 g/mol. The minimum absolute atomic E-state index is 0.212. The highest BCUT2D eigenvalue weighted by Gasteiger charge is 2.30. The zero-order chi connectivity index (χ0) is 15.0. The molecule has 1 aliphatic heterocycles. The second kappa shape index (κ2) is 5.00. The van der Waals surface area contributed by atoms with Crippen LogP contribution in [-0.2, 0) is 0 Å². The lowest BCUT2D eigenvalue weighted by Crippen LogP contribution is -2.12. The van der Waals surface area contributed by atoms with Crippen LogP contribution in [0.1, 0.15) is 31.7 Å². The van der Waals surface area contributed by atoms with Gasteiger partial charge in [0.1, 0.15) is 0 Å². The van der Waals surface area contributed by atoms with Crippen molar-refractivity contribution in [2.24, 2.45) is 0 Å². The van der Waals surface area contributed by atoms with E-state index in [9.17, 15) is 10.5 Å². The van der Waals surface area contributed by atoms with Crippen LogP contribution in [0.5, 0.6) is 11.5 Å². The minimum atomic E-state index is -0.303. The van der Waals surface area contributed by atoms with Crippen LogP contribution in [0.25, 0.3) is 0 Å². The van der Waals surface area contributed by atoms with Crippen molar-refractivity contribution in [1.82, 2.24) is 0 Å². The van der Waals surface area contributed by atoms with Crippen LogP contribution in [-0.4, -0.2) is 6.79 Å². The van der Waals surface area contributed by atoms with Gasteiger partial charge in [0, 0.05) is 11.1 Å². The van der Waals surface area contributed by atoms with Crippen molar-refractivity contribution >= 4 is 0 Å². The van der Waals surface area contributed by atoms with Gasteiger partial charge in [-0.1, -0.05) is 17.2 Å². The van der Waals surface area contributed by atoms with Crippen LogP contribution >= 0.6 is 0 Å². The number of ether oxygens (including phenoxy) is 2. The summed E-state index contributed by atoms with van der Waals surface area (Å²) >= 11 is 0. The molecule has 0 spiro atoms. The second-order valence-electron chi connectivity index (χ2n) is 5.33. The minimum Gasteiger partial charge on any atom is -0.454 e. The number of allylic oxidation sites excluding steroid dienone is 4. The summed E-state index contributed by atoms with van der Waals surface area (Å²) in [5, 5.41) is 19.0. The van der Waals surface area contributed by atoms with Crippen molar-refractivity contribution in [2.75, 3.05) is 6.79 Å². The van der Waals surface area contributed by atoms with Gasteiger partial charge in [-0.05, 0) is 38.0 Å². The molecule has 2 aliphatic rings. The Labute approximate surface area is 123 Å². The summed E-state index contributed by atoms with van der Waals surface area (Å²) in [6.45, 7) is 4.12. The number of nitrogens with zero attached hydrogens (tertiary/aromatic N) is 2. The molecule has 0 fully saturated rings. The van der Waals surface area contributed by atoms with E-state index >= 15 is 0 Å². The molecular formula is C17H14N2O2. The number of benzene rings is 1. The quantitative estimate of drug-likeness (QED) is 0.787. The molecule has 0 radical (unpaired) electrons. The van der Waals surface area contributed by atoms with E-state index in [0.29, 0.717) is 29.1 Å². The summed E-state index contributed by atoms with van der Waals surface area (Å²) in [5.41, 5.74) is 4.27. The zero-order valence-corrected chi connectivity index (χ0v) is 11.9. The van der Waals surface area contributed by atoms with E-state index in [1.807, 2.05) is 32.0 Å². The second-order valence-corrected chi connectivity index (χ2v) is 5.33.